The second-order valence-corrected chi connectivity index (χ2v) is 3.99. The SMILES string of the molecule is Cc1nc(CNc2cccc(C(=O)O)c2)oc1C. The Morgan fingerprint density at radius 3 is 2.83 bits per heavy atom. The average Bonchev–Trinajstić information content (AvgIpc) is 2.67. The van der Waals surface area contributed by atoms with E-state index in [4.69, 9.17) is 9.52 Å². The minimum atomic E-state index is -0.943. The van der Waals surface area contributed by atoms with Crippen molar-refractivity contribution in [2.24, 2.45) is 0 Å². The molecule has 0 aliphatic carbocycles. The Hall–Kier alpha value is -2.30. The van der Waals surface area contributed by atoms with Crippen LogP contribution >= 0.6 is 0 Å². The summed E-state index contributed by atoms with van der Waals surface area (Å²) >= 11 is 0. The van der Waals surface area contributed by atoms with Crippen molar-refractivity contribution in [3.8, 4) is 0 Å². The summed E-state index contributed by atoms with van der Waals surface area (Å²) < 4.78 is 5.42. The minimum absolute atomic E-state index is 0.250. The molecule has 5 nitrogen and oxygen atoms in total. The van der Waals surface area contributed by atoms with E-state index in [2.05, 4.69) is 10.3 Å². The van der Waals surface area contributed by atoms with Gasteiger partial charge in [0.05, 0.1) is 17.8 Å². The summed E-state index contributed by atoms with van der Waals surface area (Å²) in [7, 11) is 0. The fourth-order valence-electron chi connectivity index (χ4n) is 1.55. The molecule has 2 N–H and O–H groups in total. The molecule has 0 aliphatic heterocycles. The molecule has 1 heterocycles. The molecular formula is C13H14N2O3. The number of hydrogen-bond acceptors (Lipinski definition) is 4. The highest BCUT2D eigenvalue weighted by atomic mass is 16.4. The van der Waals surface area contributed by atoms with Crippen LogP contribution in [0.5, 0.6) is 0 Å². The maximum atomic E-state index is 10.8. The largest absolute Gasteiger partial charge is 0.478 e. The summed E-state index contributed by atoms with van der Waals surface area (Å²) in [6.07, 6.45) is 0. The van der Waals surface area contributed by atoms with Crippen LogP contribution in [0.4, 0.5) is 5.69 Å². The lowest BCUT2D eigenvalue weighted by Crippen LogP contribution is -2.02. The first-order chi connectivity index (χ1) is 8.56. The number of benzene rings is 1. The van der Waals surface area contributed by atoms with Crippen LogP contribution in [-0.4, -0.2) is 16.1 Å². The molecule has 0 unspecified atom stereocenters. The second-order valence-electron chi connectivity index (χ2n) is 3.99. The number of nitrogens with zero attached hydrogens (tertiary/aromatic N) is 1. The highest BCUT2D eigenvalue weighted by molar-refractivity contribution is 5.88. The number of carboxylic acid groups (broad SMARTS) is 1. The van der Waals surface area contributed by atoms with Gasteiger partial charge < -0.3 is 14.8 Å². The van der Waals surface area contributed by atoms with Gasteiger partial charge in [-0.3, -0.25) is 0 Å². The van der Waals surface area contributed by atoms with Gasteiger partial charge in [-0.25, -0.2) is 9.78 Å². The summed E-state index contributed by atoms with van der Waals surface area (Å²) in [5.41, 5.74) is 1.84. The van der Waals surface area contributed by atoms with Crippen molar-refractivity contribution >= 4 is 11.7 Å². The third-order valence-corrected chi connectivity index (χ3v) is 2.63. The molecular weight excluding hydrogens is 232 g/mol. The Kier molecular flexibility index (Phi) is 3.32. The quantitative estimate of drug-likeness (QED) is 0.867. The first-order valence-electron chi connectivity index (χ1n) is 5.56. The fourth-order valence-corrected chi connectivity index (χ4v) is 1.55. The van der Waals surface area contributed by atoms with Crippen molar-refractivity contribution in [1.82, 2.24) is 4.98 Å². The minimum Gasteiger partial charge on any atom is -0.478 e. The number of nitrogens with one attached hydrogen (secondary N) is 1. The van der Waals surface area contributed by atoms with E-state index in [0.717, 1.165) is 17.1 Å². The third-order valence-electron chi connectivity index (χ3n) is 2.63. The number of hydrogen-bond donors (Lipinski definition) is 2. The maximum absolute atomic E-state index is 10.8. The summed E-state index contributed by atoms with van der Waals surface area (Å²) in [5, 5.41) is 12.0. The number of anilines is 1. The summed E-state index contributed by atoms with van der Waals surface area (Å²) in [6.45, 7) is 4.17. The Balaban J connectivity index is 2.06. The lowest BCUT2D eigenvalue weighted by Gasteiger charge is -2.04. The number of oxazole rings is 1. The van der Waals surface area contributed by atoms with Crippen molar-refractivity contribution in [1.29, 1.82) is 0 Å². The standard InChI is InChI=1S/C13H14N2O3/c1-8-9(2)18-12(15-8)7-14-11-5-3-4-10(6-11)13(16)17/h3-6,14H,7H2,1-2H3,(H,16,17). The van der Waals surface area contributed by atoms with Crippen LogP contribution in [0.2, 0.25) is 0 Å². The van der Waals surface area contributed by atoms with Gasteiger partial charge in [0.15, 0.2) is 0 Å². The van der Waals surface area contributed by atoms with Gasteiger partial charge in [0.25, 0.3) is 0 Å². The van der Waals surface area contributed by atoms with E-state index in [9.17, 15) is 4.79 Å². The number of aromatic carboxylic acids is 1. The van der Waals surface area contributed by atoms with Crippen LogP contribution < -0.4 is 5.32 Å². The fraction of sp³-hybridized carbons (Fsp3) is 0.231. The molecule has 0 amide bonds. The molecule has 1 aromatic heterocycles. The van der Waals surface area contributed by atoms with Crippen molar-refractivity contribution in [3.63, 3.8) is 0 Å². The monoisotopic (exact) mass is 246 g/mol. The van der Waals surface area contributed by atoms with E-state index in [0.29, 0.717) is 12.4 Å². The maximum Gasteiger partial charge on any atom is 0.335 e. The van der Waals surface area contributed by atoms with E-state index < -0.39 is 5.97 Å². The number of carbonyl (C=O) groups is 1. The summed E-state index contributed by atoms with van der Waals surface area (Å²) in [6, 6.07) is 6.62. The van der Waals surface area contributed by atoms with Gasteiger partial charge >= 0.3 is 5.97 Å². The molecule has 2 rings (SSSR count). The van der Waals surface area contributed by atoms with Crippen LogP contribution in [0.3, 0.4) is 0 Å². The molecule has 0 atom stereocenters. The van der Waals surface area contributed by atoms with Crippen LogP contribution in [0.1, 0.15) is 27.7 Å². The predicted molar refractivity (Wildman–Crippen MR) is 66.7 cm³/mol. The molecule has 0 spiro atoms. The average molecular weight is 246 g/mol. The van der Waals surface area contributed by atoms with Crippen LogP contribution in [0.15, 0.2) is 28.7 Å². The van der Waals surface area contributed by atoms with E-state index in [1.165, 1.54) is 0 Å². The number of rotatable bonds is 4. The molecule has 5 heteroatoms. The van der Waals surface area contributed by atoms with Gasteiger partial charge in [-0.2, -0.15) is 0 Å². The van der Waals surface area contributed by atoms with E-state index in [-0.39, 0.29) is 5.56 Å². The Morgan fingerprint density at radius 2 is 2.22 bits per heavy atom. The zero-order valence-electron chi connectivity index (χ0n) is 10.2. The molecule has 0 saturated carbocycles. The number of aryl methyl sites for hydroxylation is 2. The topological polar surface area (TPSA) is 75.4 Å². The molecule has 0 saturated heterocycles. The van der Waals surface area contributed by atoms with Gasteiger partial charge in [-0.05, 0) is 32.0 Å². The van der Waals surface area contributed by atoms with E-state index in [1.807, 2.05) is 13.8 Å². The molecule has 94 valence electrons. The first kappa shape index (κ1) is 12.2. The highest BCUT2D eigenvalue weighted by Gasteiger charge is 2.06. The first-order valence-corrected chi connectivity index (χ1v) is 5.56. The van der Waals surface area contributed by atoms with Gasteiger partial charge in [0, 0.05) is 5.69 Å². The molecule has 18 heavy (non-hydrogen) atoms. The van der Waals surface area contributed by atoms with E-state index in [1.54, 1.807) is 24.3 Å². The summed E-state index contributed by atoms with van der Waals surface area (Å²) in [5.74, 6) is 0.443. The normalized spacial score (nSPS) is 10.3. The molecule has 0 bridgehead atoms. The van der Waals surface area contributed by atoms with Crippen molar-refractivity contribution in [2.45, 2.75) is 20.4 Å². The molecule has 0 aliphatic rings. The van der Waals surface area contributed by atoms with Crippen LogP contribution in [-0.2, 0) is 6.54 Å². The number of carboxylic acids is 1. The number of aromatic nitrogens is 1. The second kappa shape index (κ2) is 4.91. The van der Waals surface area contributed by atoms with Crippen molar-refractivity contribution in [3.05, 3.63) is 47.2 Å². The van der Waals surface area contributed by atoms with E-state index >= 15 is 0 Å². The van der Waals surface area contributed by atoms with Gasteiger partial charge in [-0.1, -0.05) is 6.07 Å². The van der Waals surface area contributed by atoms with Gasteiger partial charge in [-0.15, -0.1) is 0 Å². The van der Waals surface area contributed by atoms with Crippen molar-refractivity contribution < 1.29 is 14.3 Å². The summed E-state index contributed by atoms with van der Waals surface area (Å²) in [4.78, 5) is 15.1. The Morgan fingerprint density at radius 1 is 1.44 bits per heavy atom. The molecule has 0 radical (unpaired) electrons. The van der Waals surface area contributed by atoms with Crippen LogP contribution in [0, 0.1) is 13.8 Å². The highest BCUT2D eigenvalue weighted by Crippen LogP contribution is 2.13. The third kappa shape index (κ3) is 2.68. The van der Waals surface area contributed by atoms with Gasteiger partial charge in [0.1, 0.15) is 5.76 Å². The molecule has 1 aromatic carbocycles. The predicted octanol–water partition coefficient (Wildman–Crippen LogP) is 2.60. The van der Waals surface area contributed by atoms with Gasteiger partial charge in [0.2, 0.25) is 5.89 Å². The van der Waals surface area contributed by atoms with Crippen molar-refractivity contribution in [2.75, 3.05) is 5.32 Å². The Bertz CT molecular complexity index is 556. The Labute approximate surface area is 104 Å². The lowest BCUT2D eigenvalue weighted by atomic mass is 10.2. The smallest absolute Gasteiger partial charge is 0.335 e. The molecule has 0 fully saturated rings. The lowest BCUT2D eigenvalue weighted by molar-refractivity contribution is 0.0697. The molecule has 2 aromatic rings. The van der Waals surface area contributed by atoms with Crippen LogP contribution in [0.25, 0.3) is 0 Å². The zero-order valence-corrected chi connectivity index (χ0v) is 10.2. The zero-order chi connectivity index (χ0) is 13.1.